The van der Waals surface area contributed by atoms with Crippen LogP contribution in [-0.2, 0) is 29.5 Å². The summed E-state index contributed by atoms with van der Waals surface area (Å²) in [4.78, 5) is 13.0. The monoisotopic (exact) mass is 457 g/mol. The first-order chi connectivity index (χ1) is 15.4. The molecule has 9 nitrogen and oxygen atoms in total. The third-order valence-corrected chi connectivity index (χ3v) is 7.15. The molecule has 0 saturated carbocycles. The summed E-state index contributed by atoms with van der Waals surface area (Å²) < 4.78 is 43.1. The molecule has 0 saturated heterocycles. The first-order valence-corrected chi connectivity index (χ1v) is 11.4. The van der Waals surface area contributed by atoms with E-state index in [2.05, 4.69) is 10.5 Å². The molecule has 1 aromatic heterocycles. The van der Waals surface area contributed by atoms with Crippen LogP contribution in [0, 0.1) is 0 Å². The Bertz CT molecular complexity index is 1220. The summed E-state index contributed by atoms with van der Waals surface area (Å²) in [5.74, 6) is 1.23. The van der Waals surface area contributed by atoms with Crippen LogP contribution in [-0.4, -0.2) is 44.6 Å². The fourth-order valence-corrected chi connectivity index (χ4v) is 5.00. The molecule has 0 aliphatic carbocycles. The molecule has 4 rings (SSSR count). The lowest BCUT2D eigenvalue weighted by Gasteiger charge is -2.25. The molecule has 3 aromatic rings. The number of ether oxygens (including phenoxy) is 2. The van der Waals surface area contributed by atoms with Crippen LogP contribution >= 0.6 is 0 Å². The van der Waals surface area contributed by atoms with Gasteiger partial charge in [0.2, 0.25) is 10.0 Å². The van der Waals surface area contributed by atoms with Gasteiger partial charge in [0.1, 0.15) is 5.76 Å². The Morgan fingerprint density at radius 1 is 1.12 bits per heavy atom. The number of nitrogens with zero attached hydrogens (tertiary/aromatic N) is 2. The fourth-order valence-electron chi connectivity index (χ4n) is 3.57. The average Bonchev–Trinajstić information content (AvgIpc) is 3.26. The number of aromatic nitrogens is 1. The van der Waals surface area contributed by atoms with Gasteiger partial charge in [0.15, 0.2) is 17.2 Å². The summed E-state index contributed by atoms with van der Waals surface area (Å²) in [5, 5.41) is 6.71. The van der Waals surface area contributed by atoms with E-state index in [1.54, 1.807) is 49.6 Å². The quantitative estimate of drug-likeness (QED) is 0.580. The van der Waals surface area contributed by atoms with Gasteiger partial charge in [-0.3, -0.25) is 4.79 Å². The van der Waals surface area contributed by atoms with E-state index in [4.69, 9.17) is 14.0 Å². The number of methoxy groups -OCH3 is 2. The zero-order valence-corrected chi connectivity index (χ0v) is 18.5. The Morgan fingerprint density at radius 3 is 2.59 bits per heavy atom. The van der Waals surface area contributed by atoms with Gasteiger partial charge in [-0.1, -0.05) is 29.4 Å². The minimum Gasteiger partial charge on any atom is -0.493 e. The van der Waals surface area contributed by atoms with Crippen LogP contribution in [0.3, 0.4) is 0 Å². The molecule has 0 radical (unpaired) electrons. The Morgan fingerprint density at radius 2 is 1.88 bits per heavy atom. The second kappa shape index (κ2) is 9.01. The summed E-state index contributed by atoms with van der Waals surface area (Å²) in [7, 11) is -0.600. The molecule has 1 amide bonds. The van der Waals surface area contributed by atoms with Crippen LogP contribution in [0.2, 0.25) is 0 Å². The van der Waals surface area contributed by atoms with E-state index in [1.165, 1.54) is 11.4 Å². The fraction of sp³-hybridized carbons (Fsp3) is 0.273. The number of hydrogen-bond donors (Lipinski definition) is 1. The van der Waals surface area contributed by atoms with Crippen molar-refractivity contribution in [3.63, 3.8) is 0 Å². The predicted molar refractivity (Wildman–Crippen MR) is 115 cm³/mol. The average molecular weight is 458 g/mol. The van der Waals surface area contributed by atoms with Crippen molar-refractivity contribution in [2.24, 2.45) is 0 Å². The standard InChI is InChI=1S/C22H23N3O6S/c1-29-19-9-8-15(12-20(19)30-2)13-23-22(26)21-17-14-25(11-10-18(17)31-24-21)32(27,28)16-6-4-3-5-7-16/h3-9,12H,10-11,13-14H2,1-2H3,(H,23,26). The number of nitrogens with one attached hydrogen (secondary N) is 1. The van der Waals surface area contributed by atoms with Gasteiger partial charge >= 0.3 is 0 Å². The molecule has 10 heteroatoms. The van der Waals surface area contributed by atoms with E-state index in [9.17, 15) is 13.2 Å². The normalized spacial score (nSPS) is 13.9. The molecule has 0 bridgehead atoms. The Balaban J connectivity index is 1.49. The SMILES string of the molecule is COc1ccc(CNC(=O)c2noc3c2CN(S(=O)(=O)c2ccccc2)CC3)cc1OC. The number of carbonyl (C=O) groups is 1. The van der Waals surface area contributed by atoms with Crippen LogP contribution in [0.15, 0.2) is 57.9 Å². The van der Waals surface area contributed by atoms with Crippen LogP contribution in [0.1, 0.15) is 27.4 Å². The minimum atomic E-state index is -3.69. The Hall–Kier alpha value is -3.37. The molecule has 32 heavy (non-hydrogen) atoms. The molecular weight excluding hydrogens is 434 g/mol. The zero-order chi connectivity index (χ0) is 22.7. The number of sulfonamides is 1. The molecule has 2 aromatic carbocycles. The molecular formula is C22H23N3O6S. The molecule has 1 N–H and O–H groups in total. The van der Waals surface area contributed by atoms with E-state index in [0.717, 1.165) is 5.56 Å². The van der Waals surface area contributed by atoms with E-state index in [0.29, 0.717) is 29.2 Å². The highest BCUT2D eigenvalue weighted by Gasteiger charge is 2.33. The summed E-state index contributed by atoms with van der Waals surface area (Å²) in [6.07, 6.45) is 0.345. The van der Waals surface area contributed by atoms with E-state index in [1.807, 2.05) is 6.07 Å². The van der Waals surface area contributed by atoms with Gasteiger partial charge in [0, 0.05) is 31.6 Å². The number of hydrogen-bond acceptors (Lipinski definition) is 7. The highest BCUT2D eigenvalue weighted by atomic mass is 32.2. The smallest absolute Gasteiger partial charge is 0.274 e. The van der Waals surface area contributed by atoms with Crippen LogP contribution in [0.4, 0.5) is 0 Å². The molecule has 2 heterocycles. The second-order valence-corrected chi connectivity index (χ2v) is 9.14. The van der Waals surface area contributed by atoms with Crippen LogP contribution < -0.4 is 14.8 Å². The van der Waals surface area contributed by atoms with Crippen molar-refractivity contribution in [1.82, 2.24) is 14.8 Å². The lowest BCUT2D eigenvalue weighted by molar-refractivity contribution is 0.0940. The summed E-state index contributed by atoms with van der Waals surface area (Å²) >= 11 is 0. The molecule has 0 fully saturated rings. The molecule has 1 aliphatic rings. The molecule has 0 unspecified atom stereocenters. The first-order valence-electron chi connectivity index (χ1n) is 9.95. The minimum absolute atomic E-state index is 0.0230. The topological polar surface area (TPSA) is 111 Å². The molecule has 0 spiro atoms. The Labute approximate surface area is 186 Å². The van der Waals surface area contributed by atoms with Gasteiger partial charge in [-0.2, -0.15) is 4.31 Å². The second-order valence-electron chi connectivity index (χ2n) is 7.21. The summed E-state index contributed by atoms with van der Waals surface area (Å²) in [6, 6.07) is 13.5. The van der Waals surface area contributed by atoms with Gasteiger partial charge in [0.05, 0.1) is 19.1 Å². The number of amides is 1. The number of benzene rings is 2. The van der Waals surface area contributed by atoms with Crippen molar-refractivity contribution in [1.29, 1.82) is 0 Å². The van der Waals surface area contributed by atoms with Gasteiger partial charge in [-0.25, -0.2) is 8.42 Å². The maximum atomic E-state index is 13.0. The largest absolute Gasteiger partial charge is 0.493 e. The van der Waals surface area contributed by atoms with Gasteiger partial charge < -0.3 is 19.3 Å². The highest BCUT2D eigenvalue weighted by molar-refractivity contribution is 7.89. The van der Waals surface area contributed by atoms with Gasteiger partial charge in [-0.15, -0.1) is 0 Å². The molecule has 168 valence electrons. The number of rotatable bonds is 7. The van der Waals surface area contributed by atoms with Crippen molar-refractivity contribution in [3.8, 4) is 11.5 Å². The number of fused-ring (bicyclic) bond motifs is 1. The van der Waals surface area contributed by atoms with Gasteiger partial charge in [-0.05, 0) is 29.8 Å². The van der Waals surface area contributed by atoms with E-state index < -0.39 is 15.9 Å². The molecule has 0 atom stereocenters. The maximum absolute atomic E-state index is 13.0. The van der Waals surface area contributed by atoms with Crippen molar-refractivity contribution in [2.45, 2.75) is 24.4 Å². The third-order valence-electron chi connectivity index (χ3n) is 5.29. The van der Waals surface area contributed by atoms with Crippen LogP contribution in [0.5, 0.6) is 11.5 Å². The van der Waals surface area contributed by atoms with Gasteiger partial charge in [0.25, 0.3) is 5.91 Å². The van der Waals surface area contributed by atoms with E-state index in [-0.39, 0.29) is 30.2 Å². The summed E-state index contributed by atoms with van der Waals surface area (Å²) in [6.45, 7) is 0.508. The summed E-state index contributed by atoms with van der Waals surface area (Å²) in [5.41, 5.74) is 1.38. The number of carbonyl (C=O) groups excluding carboxylic acids is 1. The van der Waals surface area contributed by atoms with Crippen molar-refractivity contribution < 1.29 is 27.2 Å². The molecule has 1 aliphatic heterocycles. The highest BCUT2D eigenvalue weighted by Crippen LogP contribution is 2.29. The zero-order valence-electron chi connectivity index (χ0n) is 17.7. The lowest BCUT2D eigenvalue weighted by Crippen LogP contribution is -2.36. The van der Waals surface area contributed by atoms with Crippen molar-refractivity contribution in [2.75, 3.05) is 20.8 Å². The predicted octanol–water partition coefficient (Wildman–Crippen LogP) is 2.37. The van der Waals surface area contributed by atoms with Crippen LogP contribution in [0.25, 0.3) is 0 Å². The van der Waals surface area contributed by atoms with E-state index >= 15 is 0 Å². The maximum Gasteiger partial charge on any atom is 0.274 e. The third kappa shape index (κ3) is 4.19. The van der Waals surface area contributed by atoms with Crippen molar-refractivity contribution in [3.05, 3.63) is 71.1 Å². The Kier molecular flexibility index (Phi) is 6.15. The first kappa shape index (κ1) is 21.8. The van der Waals surface area contributed by atoms with Crippen molar-refractivity contribution >= 4 is 15.9 Å². The lowest BCUT2D eigenvalue weighted by atomic mass is 10.1.